The molecule has 4 rings (SSSR count). The van der Waals surface area contributed by atoms with Crippen molar-refractivity contribution >= 4 is 0 Å². The van der Waals surface area contributed by atoms with Crippen LogP contribution in [0.5, 0.6) is 0 Å². The predicted molar refractivity (Wildman–Crippen MR) is 95.4 cm³/mol. The molecule has 0 spiro atoms. The molecule has 2 heteroatoms. The van der Waals surface area contributed by atoms with E-state index >= 15 is 0 Å². The highest BCUT2D eigenvalue weighted by Gasteiger charge is 2.38. The Labute approximate surface area is 139 Å². The van der Waals surface area contributed by atoms with E-state index in [1.165, 1.54) is 43.6 Å². The Morgan fingerprint density at radius 2 is 1.70 bits per heavy atom. The predicted octanol–water partition coefficient (Wildman–Crippen LogP) is 3.65. The van der Waals surface area contributed by atoms with Gasteiger partial charge >= 0.3 is 0 Å². The molecule has 1 saturated heterocycles. The van der Waals surface area contributed by atoms with E-state index in [4.69, 9.17) is 0 Å². The fourth-order valence-electron chi connectivity index (χ4n) is 3.87. The maximum Gasteiger partial charge on any atom is 0.0233 e. The minimum Gasteiger partial charge on any atom is -0.313 e. The summed E-state index contributed by atoms with van der Waals surface area (Å²) in [5.74, 6) is 1.56. The lowest BCUT2D eigenvalue weighted by Crippen LogP contribution is -2.28. The van der Waals surface area contributed by atoms with Crippen LogP contribution in [0.3, 0.4) is 0 Å². The van der Waals surface area contributed by atoms with Gasteiger partial charge in [0.15, 0.2) is 0 Å². The molecule has 0 bridgehead atoms. The van der Waals surface area contributed by atoms with Crippen LogP contribution in [0.2, 0.25) is 0 Å². The molecule has 0 unspecified atom stereocenters. The van der Waals surface area contributed by atoms with Crippen LogP contribution < -0.4 is 5.32 Å². The minimum absolute atomic E-state index is 0.709. The Hall–Kier alpha value is -1.64. The first-order valence-corrected chi connectivity index (χ1v) is 8.93. The molecule has 1 heterocycles. The quantitative estimate of drug-likeness (QED) is 0.876. The van der Waals surface area contributed by atoms with Crippen LogP contribution in [-0.2, 0) is 6.54 Å². The van der Waals surface area contributed by atoms with Crippen LogP contribution in [0.25, 0.3) is 0 Å². The number of nitrogens with one attached hydrogen (secondary N) is 1. The second-order valence-electron chi connectivity index (χ2n) is 7.14. The van der Waals surface area contributed by atoms with Crippen molar-refractivity contribution in [2.24, 2.45) is 5.92 Å². The molecule has 1 saturated carbocycles. The normalized spacial score (nSPS) is 27.2. The van der Waals surface area contributed by atoms with Crippen molar-refractivity contribution in [2.45, 2.75) is 31.3 Å². The van der Waals surface area contributed by atoms with Crippen molar-refractivity contribution in [3.05, 3.63) is 71.8 Å². The molecule has 0 radical (unpaired) electrons. The fraction of sp³-hybridized carbons (Fsp3) is 0.429. The van der Waals surface area contributed by atoms with Gasteiger partial charge in [0.05, 0.1) is 0 Å². The van der Waals surface area contributed by atoms with E-state index in [1.807, 2.05) is 0 Å². The summed E-state index contributed by atoms with van der Waals surface area (Å²) in [6.45, 7) is 4.77. The molecule has 1 aliphatic heterocycles. The first kappa shape index (κ1) is 14.9. The van der Waals surface area contributed by atoms with Gasteiger partial charge in [-0.3, -0.25) is 4.90 Å². The molecule has 23 heavy (non-hydrogen) atoms. The molecular weight excluding hydrogens is 280 g/mol. The van der Waals surface area contributed by atoms with Crippen molar-refractivity contribution in [3.8, 4) is 0 Å². The average molecular weight is 306 g/mol. The number of hydrogen-bond donors (Lipinski definition) is 1. The summed E-state index contributed by atoms with van der Waals surface area (Å²) in [5, 5.41) is 3.80. The lowest BCUT2D eigenvalue weighted by atomic mass is 10.1. The summed E-state index contributed by atoms with van der Waals surface area (Å²) in [7, 11) is 0. The van der Waals surface area contributed by atoms with E-state index in [1.54, 1.807) is 0 Å². The van der Waals surface area contributed by atoms with Crippen LogP contribution in [0.1, 0.15) is 29.9 Å². The largest absolute Gasteiger partial charge is 0.313 e. The van der Waals surface area contributed by atoms with Crippen LogP contribution in [-0.4, -0.2) is 30.6 Å². The number of likely N-dealkylation sites (tertiary alicyclic amines) is 1. The monoisotopic (exact) mass is 306 g/mol. The number of benzene rings is 2. The van der Waals surface area contributed by atoms with Crippen LogP contribution in [0.15, 0.2) is 60.7 Å². The van der Waals surface area contributed by atoms with E-state index < -0.39 is 0 Å². The Balaban J connectivity index is 1.20. The highest BCUT2D eigenvalue weighted by atomic mass is 15.1. The molecule has 0 amide bonds. The van der Waals surface area contributed by atoms with Gasteiger partial charge in [-0.2, -0.15) is 0 Å². The standard InChI is InChI=1S/C21H26N2/c1-3-7-17(8-4-1)15-23-12-11-18(16-23)14-22-21-13-20(21)19-9-5-2-6-10-19/h1-10,18,20-22H,11-16H2/t18-,20-,21+/m0/s1. The molecule has 120 valence electrons. The van der Waals surface area contributed by atoms with E-state index in [-0.39, 0.29) is 0 Å². The molecule has 1 aliphatic carbocycles. The summed E-state index contributed by atoms with van der Waals surface area (Å²) < 4.78 is 0. The number of nitrogens with zero attached hydrogens (tertiary/aromatic N) is 1. The second-order valence-corrected chi connectivity index (χ2v) is 7.14. The van der Waals surface area contributed by atoms with Gasteiger partial charge in [-0.15, -0.1) is 0 Å². The van der Waals surface area contributed by atoms with Crippen molar-refractivity contribution in [2.75, 3.05) is 19.6 Å². The number of hydrogen-bond acceptors (Lipinski definition) is 2. The van der Waals surface area contributed by atoms with E-state index in [0.29, 0.717) is 6.04 Å². The van der Waals surface area contributed by atoms with Crippen LogP contribution >= 0.6 is 0 Å². The zero-order valence-electron chi connectivity index (χ0n) is 13.7. The summed E-state index contributed by atoms with van der Waals surface area (Å²) in [6.07, 6.45) is 2.65. The molecule has 3 atom stereocenters. The van der Waals surface area contributed by atoms with E-state index in [9.17, 15) is 0 Å². The van der Waals surface area contributed by atoms with E-state index in [2.05, 4.69) is 70.9 Å². The molecule has 2 fully saturated rings. The van der Waals surface area contributed by atoms with Crippen LogP contribution in [0, 0.1) is 5.92 Å². The third kappa shape index (κ3) is 3.82. The van der Waals surface area contributed by atoms with Crippen LogP contribution in [0.4, 0.5) is 0 Å². The Morgan fingerprint density at radius 3 is 2.48 bits per heavy atom. The highest BCUT2D eigenvalue weighted by molar-refractivity contribution is 5.27. The van der Waals surface area contributed by atoms with Gasteiger partial charge in [0.25, 0.3) is 0 Å². The van der Waals surface area contributed by atoms with Crippen molar-refractivity contribution < 1.29 is 0 Å². The summed E-state index contributed by atoms with van der Waals surface area (Å²) in [6, 6.07) is 22.5. The number of rotatable bonds is 6. The third-order valence-electron chi connectivity index (χ3n) is 5.31. The SMILES string of the molecule is c1ccc(CN2CC[C@@H](CN[C@@H]3C[C@H]3c3ccccc3)C2)cc1. The molecule has 2 aromatic rings. The minimum atomic E-state index is 0.709. The molecule has 2 aliphatic rings. The molecule has 1 N–H and O–H groups in total. The Morgan fingerprint density at radius 1 is 0.957 bits per heavy atom. The van der Waals surface area contributed by atoms with Gasteiger partial charge < -0.3 is 5.32 Å². The van der Waals surface area contributed by atoms with Gasteiger partial charge in [-0.1, -0.05) is 60.7 Å². The van der Waals surface area contributed by atoms with Gasteiger partial charge in [0.2, 0.25) is 0 Å². The molecular formula is C21H26N2. The van der Waals surface area contributed by atoms with Gasteiger partial charge in [0.1, 0.15) is 0 Å². The van der Waals surface area contributed by atoms with Gasteiger partial charge in [-0.05, 0) is 43.0 Å². The maximum atomic E-state index is 3.80. The molecule has 2 nitrogen and oxygen atoms in total. The van der Waals surface area contributed by atoms with Crippen molar-refractivity contribution in [1.29, 1.82) is 0 Å². The lowest BCUT2D eigenvalue weighted by Gasteiger charge is -2.16. The second kappa shape index (κ2) is 6.86. The first-order valence-electron chi connectivity index (χ1n) is 8.93. The molecule has 0 aromatic heterocycles. The smallest absolute Gasteiger partial charge is 0.0233 e. The zero-order valence-corrected chi connectivity index (χ0v) is 13.7. The highest BCUT2D eigenvalue weighted by Crippen LogP contribution is 2.40. The van der Waals surface area contributed by atoms with Gasteiger partial charge in [-0.25, -0.2) is 0 Å². The average Bonchev–Trinajstić information content (AvgIpc) is 3.26. The summed E-state index contributed by atoms with van der Waals surface area (Å²) in [4.78, 5) is 2.60. The molecule has 2 aromatic carbocycles. The van der Waals surface area contributed by atoms with Crippen molar-refractivity contribution in [1.82, 2.24) is 10.2 Å². The zero-order chi connectivity index (χ0) is 15.5. The topological polar surface area (TPSA) is 15.3 Å². The Kier molecular flexibility index (Phi) is 4.45. The first-order chi connectivity index (χ1) is 11.4. The fourth-order valence-corrected chi connectivity index (χ4v) is 3.87. The van der Waals surface area contributed by atoms with Gasteiger partial charge in [0, 0.05) is 25.0 Å². The summed E-state index contributed by atoms with van der Waals surface area (Å²) in [5.41, 5.74) is 2.94. The third-order valence-corrected chi connectivity index (χ3v) is 5.31. The summed E-state index contributed by atoms with van der Waals surface area (Å²) >= 11 is 0. The maximum absolute atomic E-state index is 3.80. The Bertz CT molecular complexity index is 610. The van der Waals surface area contributed by atoms with Crippen molar-refractivity contribution in [3.63, 3.8) is 0 Å². The lowest BCUT2D eigenvalue weighted by molar-refractivity contribution is 0.314. The van der Waals surface area contributed by atoms with E-state index in [0.717, 1.165) is 18.4 Å².